The summed E-state index contributed by atoms with van der Waals surface area (Å²) in [6.45, 7) is 2.90. The molecule has 0 radical (unpaired) electrons. The number of rotatable bonds is 6. The van der Waals surface area contributed by atoms with E-state index in [-0.39, 0.29) is 0 Å². The zero-order chi connectivity index (χ0) is 12.0. The maximum Gasteiger partial charge on any atom is 0.166 e. The molecule has 1 atom stereocenters. The smallest absolute Gasteiger partial charge is 0.166 e. The molecule has 4 nitrogen and oxygen atoms in total. The van der Waals surface area contributed by atoms with Crippen LogP contribution in [0.15, 0.2) is 18.2 Å². The Hall–Kier alpha value is -1.26. The molecule has 0 aliphatic heterocycles. The fourth-order valence-electron chi connectivity index (χ4n) is 1.60. The second-order valence-electron chi connectivity index (χ2n) is 3.40. The maximum atomic E-state index is 9.91. The highest BCUT2D eigenvalue weighted by molar-refractivity contribution is 5.47. The Morgan fingerprint density at radius 1 is 1.44 bits per heavy atom. The van der Waals surface area contributed by atoms with Gasteiger partial charge in [-0.2, -0.15) is 0 Å². The summed E-state index contributed by atoms with van der Waals surface area (Å²) in [5.41, 5.74) is 6.14. The van der Waals surface area contributed by atoms with E-state index in [9.17, 15) is 5.11 Å². The van der Waals surface area contributed by atoms with Gasteiger partial charge in [0.15, 0.2) is 11.5 Å². The first-order valence-corrected chi connectivity index (χ1v) is 5.42. The summed E-state index contributed by atoms with van der Waals surface area (Å²) in [5.74, 6) is 1.24. The van der Waals surface area contributed by atoms with Crippen LogP contribution in [-0.4, -0.2) is 25.4 Å². The molecular formula is C12H19NO3. The fraction of sp³-hybridized carbons (Fsp3) is 0.500. The fourth-order valence-corrected chi connectivity index (χ4v) is 1.60. The highest BCUT2D eigenvalue weighted by Crippen LogP contribution is 2.35. The average Bonchev–Trinajstić information content (AvgIpc) is 2.29. The van der Waals surface area contributed by atoms with Crippen LogP contribution in [0.3, 0.4) is 0 Å². The van der Waals surface area contributed by atoms with Gasteiger partial charge in [-0.3, -0.25) is 0 Å². The zero-order valence-corrected chi connectivity index (χ0v) is 9.77. The van der Waals surface area contributed by atoms with Crippen LogP contribution in [0.5, 0.6) is 11.5 Å². The SMILES string of the molecule is CCOc1cccc([C@H](O)CCN)c1OC. The molecule has 0 aliphatic carbocycles. The number of para-hydroxylation sites is 1. The van der Waals surface area contributed by atoms with Crippen LogP contribution in [0.4, 0.5) is 0 Å². The first-order chi connectivity index (χ1) is 7.74. The normalized spacial score (nSPS) is 12.2. The Bertz CT molecular complexity index is 328. The van der Waals surface area contributed by atoms with Crippen molar-refractivity contribution in [2.75, 3.05) is 20.3 Å². The van der Waals surface area contributed by atoms with Gasteiger partial charge in [-0.15, -0.1) is 0 Å². The summed E-state index contributed by atoms with van der Waals surface area (Å²) in [4.78, 5) is 0. The van der Waals surface area contributed by atoms with Crippen LogP contribution >= 0.6 is 0 Å². The first kappa shape index (κ1) is 12.8. The molecule has 0 bridgehead atoms. The first-order valence-electron chi connectivity index (χ1n) is 5.42. The standard InChI is InChI=1S/C12H19NO3/c1-3-16-11-6-4-5-9(12(11)15-2)10(14)7-8-13/h4-6,10,14H,3,7-8,13H2,1-2H3/t10-/m1/s1. The van der Waals surface area contributed by atoms with Gasteiger partial charge < -0.3 is 20.3 Å². The van der Waals surface area contributed by atoms with Gasteiger partial charge in [0.05, 0.1) is 19.8 Å². The molecule has 16 heavy (non-hydrogen) atoms. The summed E-state index contributed by atoms with van der Waals surface area (Å²) >= 11 is 0. The van der Waals surface area contributed by atoms with Gasteiger partial charge in [-0.1, -0.05) is 12.1 Å². The third kappa shape index (κ3) is 2.87. The van der Waals surface area contributed by atoms with Gasteiger partial charge in [0.2, 0.25) is 0 Å². The van der Waals surface area contributed by atoms with Crippen LogP contribution in [-0.2, 0) is 0 Å². The molecule has 90 valence electrons. The molecule has 0 amide bonds. The molecular weight excluding hydrogens is 206 g/mol. The van der Waals surface area contributed by atoms with E-state index in [1.807, 2.05) is 25.1 Å². The average molecular weight is 225 g/mol. The van der Waals surface area contributed by atoms with E-state index in [4.69, 9.17) is 15.2 Å². The van der Waals surface area contributed by atoms with Crippen molar-refractivity contribution >= 4 is 0 Å². The minimum atomic E-state index is -0.611. The summed E-state index contributed by atoms with van der Waals surface area (Å²) in [6, 6.07) is 5.48. The largest absolute Gasteiger partial charge is 0.492 e. The van der Waals surface area contributed by atoms with E-state index in [0.29, 0.717) is 31.1 Å². The molecule has 0 saturated heterocycles. The maximum absolute atomic E-state index is 9.91. The topological polar surface area (TPSA) is 64.7 Å². The zero-order valence-electron chi connectivity index (χ0n) is 9.77. The summed E-state index contributed by atoms with van der Waals surface area (Å²) in [5, 5.41) is 9.91. The van der Waals surface area contributed by atoms with Crippen molar-refractivity contribution in [3.8, 4) is 11.5 Å². The van der Waals surface area contributed by atoms with Crippen molar-refractivity contribution in [2.24, 2.45) is 5.73 Å². The third-order valence-electron chi connectivity index (χ3n) is 2.31. The van der Waals surface area contributed by atoms with Crippen molar-refractivity contribution in [3.05, 3.63) is 23.8 Å². The number of aliphatic hydroxyl groups excluding tert-OH is 1. The van der Waals surface area contributed by atoms with Gasteiger partial charge in [0, 0.05) is 5.56 Å². The Kier molecular flexibility index (Phi) is 5.08. The van der Waals surface area contributed by atoms with E-state index >= 15 is 0 Å². The van der Waals surface area contributed by atoms with E-state index in [1.54, 1.807) is 7.11 Å². The molecule has 4 heteroatoms. The van der Waals surface area contributed by atoms with Crippen molar-refractivity contribution in [1.82, 2.24) is 0 Å². The van der Waals surface area contributed by atoms with E-state index in [2.05, 4.69) is 0 Å². The van der Waals surface area contributed by atoms with E-state index in [0.717, 1.165) is 5.56 Å². The second-order valence-corrected chi connectivity index (χ2v) is 3.40. The number of nitrogens with two attached hydrogens (primary N) is 1. The molecule has 0 aliphatic rings. The predicted molar refractivity (Wildman–Crippen MR) is 62.8 cm³/mol. The van der Waals surface area contributed by atoms with Crippen LogP contribution < -0.4 is 15.2 Å². The van der Waals surface area contributed by atoms with Crippen molar-refractivity contribution < 1.29 is 14.6 Å². The number of benzene rings is 1. The molecule has 3 N–H and O–H groups in total. The molecule has 0 saturated carbocycles. The van der Waals surface area contributed by atoms with Crippen LogP contribution in [0.25, 0.3) is 0 Å². The van der Waals surface area contributed by atoms with E-state index < -0.39 is 6.10 Å². The Balaban J connectivity index is 3.02. The minimum Gasteiger partial charge on any atom is -0.492 e. The van der Waals surface area contributed by atoms with Gasteiger partial charge >= 0.3 is 0 Å². The second kappa shape index (κ2) is 6.35. The number of ether oxygens (including phenoxy) is 2. The minimum absolute atomic E-state index is 0.434. The molecule has 0 heterocycles. The molecule has 0 unspecified atom stereocenters. The Morgan fingerprint density at radius 3 is 2.75 bits per heavy atom. The lowest BCUT2D eigenvalue weighted by molar-refractivity contribution is 0.164. The highest BCUT2D eigenvalue weighted by Gasteiger charge is 2.16. The Morgan fingerprint density at radius 2 is 2.19 bits per heavy atom. The van der Waals surface area contributed by atoms with Gasteiger partial charge in [-0.05, 0) is 26.0 Å². The number of aliphatic hydroxyl groups is 1. The molecule has 0 aromatic heterocycles. The van der Waals surface area contributed by atoms with Crippen LogP contribution in [0.1, 0.15) is 25.0 Å². The lowest BCUT2D eigenvalue weighted by Crippen LogP contribution is -2.08. The quantitative estimate of drug-likeness (QED) is 0.769. The molecule has 0 fully saturated rings. The van der Waals surface area contributed by atoms with Crippen molar-refractivity contribution in [1.29, 1.82) is 0 Å². The summed E-state index contributed by atoms with van der Waals surface area (Å²) in [7, 11) is 1.57. The summed E-state index contributed by atoms with van der Waals surface area (Å²) < 4.78 is 10.7. The van der Waals surface area contributed by atoms with Crippen LogP contribution in [0, 0.1) is 0 Å². The lowest BCUT2D eigenvalue weighted by Gasteiger charge is -2.17. The number of hydrogen-bond donors (Lipinski definition) is 2. The third-order valence-corrected chi connectivity index (χ3v) is 2.31. The molecule has 1 aromatic carbocycles. The highest BCUT2D eigenvalue weighted by atomic mass is 16.5. The Labute approximate surface area is 96.0 Å². The van der Waals surface area contributed by atoms with Crippen molar-refractivity contribution in [3.63, 3.8) is 0 Å². The van der Waals surface area contributed by atoms with Crippen LogP contribution in [0.2, 0.25) is 0 Å². The van der Waals surface area contributed by atoms with Gasteiger partial charge in [0.25, 0.3) is 0 Å². The number of methoxy groups -OCH3 is 1. The number of hydrogen-bond acceptors (Lipinski definition) is 4. The van der Waals surface area contributed by atoms with Gasteiger partial charge in [-0.25, -0.2) is 0 Å². The predicted octanol–water partition coefficient (Wildman–Crippen LogP) is 1.48. The lowest BCUT2D eigenvalue weighted by atomic mass is 10.0. The summed E-state index contributed by atoms with van der Waals surface area (Å²) in [6.07, 6.45) is -0.105. The molecule has 1 aromatic rings. The monoisotopic (exact) mass is 225 g/mol. The molecule has 1 rings (SSSR count). The van der Waals surface area contributed by atoms with Crippen molar-refractivity contribution in [2.45, 2.75) is 19.4 Å². The van der Waals surface area contributed by atoms with Gasteiger partial charge in [0.1, 0.15) is 0 Å². The van der Waals surface area contributed by atoms with E-state index in [1.165, 1.54) is 0 Å². The molecule has 0 spiro atoms.